The first-order valence-electron chi connectivity index (χ1n) is 10.3. The molecule has 2 saturated carbocycles. The van der Waals surface area contributed by atoms with Gasteiger partial charge in [-0.1, -0.05) is 29.3 Å². The van der Waals surface area contributed by atoms with Crippen molar-refractivity contribution >= 4 is 5.91 Å². The van der Waals surface area contributed by atoms with Gasteiger partial charge in [-0.2, -0.15) is 0 Å². The van der Waals surface area contributed by atoms with Gasteiger partial charge in [0.15, 0.2) is 0 Å². The van der Waals surface area contributed by atoms with Crippen LogP contribution in [-0.4, -0.2) is 34.1 Å². The van der Waals surface area contributed by atoms with Crippen molar-refractivity contribution in [3.63, 3.8) is 0 Å². The summed E-state index contributed by atoms with van der Waals surface area (Å²) >= 11 is 0. The van der Waals surface area contributed by atoms with Crippen LogP contribution in [0, 0.1) is 25.2 Å². The van der Waals surface area contributed by atoms with Gasteiger partial charge in [0.05, 0.1) is 5.60 Å². The van der Waals surface area contributed by atoms with Crippen LogP contribution in [0.3, 0.4) is 0 Å². The molecule has 1 atom stereocenters. The van der Waals surface area contributed by atoms with E-state index in [0.717, 1.165) is 6.54 Å². The van der Waals surface area contributed by atoms with Gasteiger partial charge in [-0.25, -0.2) is 0 Å². The fourth-order valence-corrected chi connectivity index (χ4v) is 5.85. The van der Waals surface area contributed by atoms with E-state index < -0.39 is 5.60 Å². The Balaban J connectivity index is 1.36. The van der Waals surface area contributed by atoms with Gasteiger partial charge < -0.3 is 10.0 Å². The highest BCUT2D eigenvalue weighted by Crippen LogP contribution is 2.53. The maximum absolute atomic E-state index is 12.7. The minimum atomic E-state index is -0.615. The molecule has 142 valence electrons. The summed E-state index contributed by atoms with van der Waals surface area (Å²) in [6.07, 6.45) is 6.23. The monoisotopic (exact) mass is 355 g/mol. The number of likely N-dealkylation sites (tertiary alicyclic amines) is 1. The van der Waals surface area contributed by atoms with Crippen LogP contribution < -0.4 is 0 Å². The van der Waals surface area contributed by atoms with E-state index in [1.54, 1.807) is 0 Å². The fraction of sp³-hybridized carbons (Fsp3) is 0.696. The van der Waals surface area contributed by atoms with E-state index in [4.69, 9.17) is 0 Å². The summed E-state index contributed by atoms with van der Waals surface area (Å²) in [5.41, 5.74) is 3.97. The second kappa shape index (κ2) is 6.09. The number of benzene rings is 1. The first-order chi connectivity index (χ1) is 12.2. The van der Waals surface area contributed by atoms with E-state index in [2.05, 4.69) is 43.9 Å². The van der Waals surface area contributed by atoms with Crippen LogP contribution in [0.15, 0.2) is 18.2 Å². The molecule has 1 aromatic rings. The van der Waals surface area contributed by atoms with Crippen LogP contribution in [0.2, 0.25) is 0 Å². The number of nitrogens with zero attached hydrogens (tertiary/aromatic N) is 1. The van der Waals surface area contributed by atoms with Gasteiger partial charge in [0, 0.05) is 23.9 Å². The lowest BCUT2D eigenvalue weighted by molar-refractivity contribution is -0.174. The molecule has 0 bridgehead atoms. The molecule has 3 nitrogen and oxygen atoms in total. The van der Waals surface area contributed by atoms with Crippen LogP contribution in [-0.2, 0) is 4.79 Å². The quantitative estimate of drug-likeness (QED) is 0.857. The first kappa shape index (κ1) is 18.0. The van der Waals surface area contributed by atoms with Crippen LogP contribution >= 0.6 is 0 Å². The Morgan fingerprint density at radius 2 is 1.69 bits per heavy atom. The molecule has 4 rings (SSSR count). The molecule has 0 radical (unpaired) electrons. The zero-order chi connectivity index (χ0) is 18.7. The Morgan fingerprint density at radius 3 is 2.19 bits per heavy atom. The van der Waals surface area contributed by atoms with Gasteiger partial charge in [-0.3, -0.25) is 4.79 Å². The highest BCUT2D eigenvalue weighted by molar-refractivity contribution is 5.81. The minimum Gasteiger partial charge on any atom is -0.390 e. The van der Waals surface area contributed by atoms with E-state index in [0.29, 0.717) is 30.2 Å². The van der Waals surface area contributed by atoms with Gasteiger partial charge in [-0.05, 0) is 77.7 Å². The molecular weight excluding hydrogens is 322 g/mol. The maximum Gasteiger partial charge on any atom is 0.226 e. The lowest BCUT2D eigenvalue weighted by Gasteiger charge is -2.60. The van der Waals surface area contributed by atoms with Crippen molar-refractivity contribution in [2.45, 2.75) is 83.8 Å². The second-order valence-electron chi connectivity index (χ2n) is 9.80. The highest BCUT2D eigenvalue weighted by atomic mass is 16.3. The largest absolute Gasteiger partial charge is 0.390 e. The third kappa shape index (κ3) is 2.98. The number of rotatable bonds is 2. The molecule has 1 aromatic carbocycles. The first-order valence-corrected chi connectivity index (χ1v) is 10.3. The van der Waals surface area contributed by atoms with Crippen LogP contribution in [0.4, 0.5) is 0 Å². The average Bonchev–Trinajstić information content (AvgIpc) is 2.56. The third-order valence-electron chi connectivity index (χ3n) is 7.54. The van der Waals surface area contributed by atoms with Crippen molar-refractivity contribution in [2.24, 2.45) is 11.3 Å². The summed E-state index contributed by atoms with van der Waals surface area (Å²) in [6.45, 7) is 9.40. The molecule has 0 unspecified atom stereocenters. The summed E-state index contributed by atoms with van der Waals surface area (Å²) in [5.74, 6) is 1.01. The molecule has 26 heavy (non-hydrogen) atoms. The molecular formula is C23H33NO2. The summed E-state index contributed by atoms with van der Waals surface area (Å²) in [5, 5.41) is 9.92. The van der Waals surface area contributed by atoms with Crippen molar-refractivity contribution in [1.29, 1.82) is 0 Å². The maximum atomic E-state index is 12.7. The molecule has 3 fully saturated rings. The number of carbonyl (C=O) groups excluding carboxylic acids is 1. The number of carbonyl (C=O) groups is 1. The van der Waals surface area contributed by atoms with Crippen molar-refractivity contribution in [3.05, 3.63) is 34.9 Å². The molecule has 3 aliphatic rings. The summed E-state index contributed by atoms with van der Waals surface area (Å²) < 4.78 is 0. The molecule has 1 spiro atoms. The Kier molecular flexibility index (Phi) is 4.22. The minimum absolute atomic E-state index is 0.0522. The zero-order valence-corrected chi connectivity index (χ0v) is 16.7. The van der Waals surface area contributed by atoms with Crippen molar-refractivity contribution in [2.75, 3.05) is 6.54 Å². The predicted octanol–water partition coefficient (Wildman–Crippen LogP) is 4.34. The Labute approximate surface area is 157 Å². The molecule has 1 aliphatic heterocycles. The fourth-order valence-electron chi connectivity index (χ4n) is 5.85. The molecule has 3 heteroatoms. The SMILES string of the molecule is Cc1cc(C)cc(C2CCC3(CC2)CN(C(=O)C2CC(C)(O)C2)[C@@H]3C)c1. The summed E-state index contributed by atoms with van der Waals surface area (Å²) in [4.78, 5) is 14.8. The predicted molar refractivity (Wildman–Crippen MR) is 104 cm³/mol. The zero-order valence-electron chi connectivity index (χ0n) is 16.7. The summed E-state index contributed by atoms with van der Waals surface area (Å²) in [6, 6.07) is 7.33. The Morgan fingerprint density at radius 1 is 1.12 bits per heavy atom. The van der Waals surface area contributed by atoms with Crippen molar-refractivity contribution in [1.82, 2.24) is 4.90 Å². The van der Waals surface area contributed by atoms with Gasteiger partial charge in [0.25, 0.3) is 0 Å². The molecule has 1 amide bonds. The third-order valence-corrected chi connectivity index (χ3v) is 7.54. The van der Waals surface area contributed by atoms with Crippen LogP contribution in [0.1, 0.15) is 75.0 Å². The standard InChI is InChI=1S/C23H33NO2/c1-15-9-16(2)11-19(10-15)18-5-7-23(8-6-18)14-24(17(23)3)21(25)20-12-22(4,26)13-20/h9-11,17-18,20,26H,5-8,12-14H2,1-4H3/t17-,18?,20?,22?,23?/m1/s1. The topological polar surface area (TPSA) is 40.5 Å². The van der Waals surface area contributed by atoms with Crippen molar-refractivity contribution < 1.29 is 9.90 Å². The molecule has 2 aliphatic carbocycles. The van der Waals surface area contributed by atoms with Crippen molar-refractivity contribution in [3.8, 4) is 0 Å². The lowest BCUT2D eigenvalue weighted by atomic mass is 9.59. The normalized spacial score (nSPS) is 39.4. The molecule has 1 saturated heterocycles. The average molecular weight is 356 g/mol. The van der Waals surface area contributed by atoms with E-state index in [1.165, 1.54) is 42.4 Å². The lowest BCUT2D eigenvalue weighted by Crippen LogP contribution is -2.68. The van der Waals surface area contributed by atoms with E-state index >= 15 is 0 Å². The van der Waals surface area contributed by atoms with Crippen LogP contribution in [0.5, 0.6) is 0 Å². The number of aryl methyl sites for hydroxylation is 2. The number of aliphatic hydroxyl groups is 1. The van der Waals surface area contributed by atoms with Gasteiger partial charge in [0.2, 0.25) is 5.91 Å². The summed E-state index contributed by atoms with van der Waals surface area (Å²) in [7, 11) is 0. The smallest absolute Gasteiger partial charge is 0.226 e. The molecule has 1 N–H and O–H groups in total. The van der Waals surface area contributed by atoms with Gasteiger partial charge in [-0.15, -0.1) is 0 Å². The van der Waals surface area contributed by atoms with Gasteiger partial charge in [0.1, 0.15) is 0 Å². The Hall–Kier alpha value is -1.35. The van der Waals surface area contributed by atoms with Gasteiger partial charge >= 0.3 is 0 Å². The van der Waals surface area contributed by atoms with E-state index in [-0.39, 0.29) is 11.8 Å². The van der Waals surface area contributed by atoms with E-state index in [9.17, 15) is 9.90 Å². The Bertz CT molecular complexity index is 687. The second-order valence-corrected chi connectivity index (χ2v) is 9.80. The number of hydrogen-bond donors (Lipinski definition) is 1. The highest BCUT2D eigenvalue weighted by Gasteiger charge is 2.55. The molecule has 1 heterocycles. The molecule has 0 aromatic heterocycles. The van der Waals surface area contributed by atoms with Crippen LogP contribution in [0.25, 0.3) is 0 Å². The number of hydrogen-bond acceptors (Lipinski definition) is 2. The van der Waals surface area contributed by atoms with E-state index in [1.807, 2.05) is 6.92 Å². The number of amides is 1.